The van der Waals surface area contributed by atoms with Gasteiger partial charge >= 0.3 is 0 Å². The van der Waals surface area contributed by atoms with Gasteiger partial charge in [-0.1, -0.05) is 45.1 Å². The van der Waals surface area contributed by atoms with E-state index in [0.717, 1.165) is 0 Å². The van der Waals surface area contributed by atoms with Crippen LogP contribution in [0.15, 0.2) is 36.5 Å². The smallest absolute Gasteiger partial charge is 0.193 e. The van der Waals surface area contributed by atoms with Crippen molar-refractivity contribution in [3.05, 3.63) is 36.5 Å². The molecule has 1 N–H and O–H groups in total. The van der Waals surface area contributed by atoms with Gasteiger partial charge in [-0.3, -0.25) is 4.79 Å². The van der Waals surface area contributed by atoms with Crippen molar-refractivity contribution in [2.75, 3.05) is 0 Å². The third-order valence-electron chi connectivity index (χ3n) is 4.94. The Labute approximate surface area is 128 Å². The summed E-state index contributed by atoms with van der Waals surface area (Å²) in [4.78, 5) is 12.4. The van der Waals surface area contributed by atoms with Gasteiger partial charge in [-0.2, -0.15) is 0 Å². The van der Waals surface area contributed by atoms with E-state index in [2.05, 4.69) is 33.9 Å². The fourth-order valence-electron chi connectivity index (χ4n) is 2.49. The van der Waals surface area contributed by atoms with E-state index in [0.29, 0.717) is 6.42 Å². The Morgan fingerprint density at radius 3 is 2.62 bits per heavy atom. The van der Waals surface area contributed by atoms with E-state index in [-0.39, 0.29) is 16.7 Å². The molecule has 0 radical (unpaired) electrons. The van der Waals surface area contributed by atoms with E-state index in [1.165, 1.54) is 6.08 Å². The van der Waals surface area contributed by atoms with Crippen LogP contribution in [0.2, 0.25) is 18.1 Å². The molecule has 0 aliphatic heterocycles. The predicted octanol–water partition coefficient (Wildman–Crippen LogP) is 3.38. The first kappa shape index (κ1) is 16.4. The first-order chi connectivity index (χ1) is 9.58. The zero-order chi connectivity index (χ0) is 15.9. The molecular weight excluding hydrogens is 280 g/mol. The van der Waals surface area contributed by atoms with Crippen LogP contribution in [-0.2, 0) is 9.22 Å². The molecule has 4 heteroatoms. The Morgan fingerprint density at radius 2 is 2.00 bits per heavy atom. The monoisotopic (exact) mass is 306 g/mol. The molecule has 21 heavy (non-hydrogen) atoms. The van der Waals surface area contributed by atoms with Crippen molar-refractivity contribution in [3.8, 4) is 0 Å². The Morgan fingerprint density at radius 1 is 1.33 bits per heavy atom. The number of rotatable bonds is 2. The first-order valence-electron chi connectivity index (χ1n) is 7.55. The van der Waals surface area contributed by atoms with Gasteiger partial charge in [0, 0.05) is 5.92 Å². The molecule has 2 aliphatic carbocycles. The average molecular weight is 306 g/mol. The fraction of sp³-hybridized carbons (Fsp3) is 0.588. The summed E-state index contributed by atoms with van der Waals surface area (Å²) in [6.07, 6.45) is 10.8. The Hall–Kier alpha value is -0.973. The highest BCUT2D eigenvalue weighted by atomic mass is 28.4. The molecule has 3 nitrogen and oxygen atoms in total. The number of carbonyl (C=O) groups is 1. The average Bonchev–Trinajstić information content (AvgIpc) is 2.56. The highest BCUT2D eigenvalue weighted by Crippen LogP contribution is 2.42. The molecule has 2 aliphatic rings. The molecule has 0 saturated heterocycles. The van der Waals surface area contributed by atoms with Crippen molar-refractivity contribution in [1.29, 1.82) is 0 Å². The van der Waals surface area contributed by atoms with Crippen LogP contribution < -0.4 is 0 Å². The van der Waals surface area contributed by atoms with Crippen molar-refractivity contribution >= 4 is 14.1 Å². The minimum atomic E-state index is -2.09. The lowest BCUT2D eigenvalue weighted by Crippen LogP contribution is -2.56. The van der Waals surface area contributed by atoms with E-state index in [4.69, 9.17) is 4.43 Å². The number of fused-ring (bicyclic) bond motifs is 2. The molecule has 0 aromatic carbocycles. The summed E-state index contributed by atoms with van der Waals surface area (Å²) >= 11 is 0. The first-order valence-corrected chi connectivity index (χ1v) is 10.5. The largest absolute Gasteiger partial charge is 0.410 e. The van der Waals surface area contributed by atoms with Crippen LogP contribution in [0.5, 0.6) is 0 Å². The molecular formula is C17H26O3Si. The van der Waals surface area contributed by atoms with Gasteiger partial charge in [0.05, 0.1) is 6.10 Å². The molecule has 0 spiro atoms. The number of aliphatic hydroxyl groups is 1. The van der Waals surface area contributed by atoms with E-state index in [9.17, 15) is 9.90 Å². The van der Waals surface area contributed by atoms with Gasteiger partial charge in [-0.05, 0) is 36.7 Å². The SMILES string of the molecule is CC(C)(C)[Si](C)(C)O[C@@H]1[C@@H]2C=CC=C[C@@]1(O)C(=O)C=CC2. The van der Waals surface area contributed by atoms with E-state index in [1.807, 2.05) is 18.2 Å². The minimum Gasteiger partial charge on any atom is -0.410 e. The summed E-state index contributed by atoms with van der Waals surface area (Å²) in [5.41, 5.74) is -1.56. The number of allylic oxidation sites excluding steroid dienone is 3. The third kappa shape index (κ3) is 2.98. The molecule has 2 rings (SSSR count). The third-order valence-corrected chi connectivity index (χ3v) is 9.40. The van der Waals surface area contributed by atoms with Crippen LogP contribution in [0.25, 0.3) is 0 Å². The van der Waals surface area contributed by atoms with Crippen molar-refractivity contribution < 1.29 is 14.3 Å². The standard InChI is InChI=1S/C17H26O3Si/c1-16(2,3)21(4,5)20-15-13-9-6-7-12-17(15,19)14(18)11-8-10-13/h6-9,11-13,15,19H,10H2,1-5H3/t13-,15-,17-/m1/s1. The summed E-state index contributed by atoms with van der Waals surface area (Å²) in [7, 11) is -2.09. The lowest BCUT2D eigenvalue weighted by atomic mass is 9.85. The van der Waals surface area contributed by atoms with Gasteiger partial charge in [0.2, 0.25) is 0 Å². The second-order valence-corrected chi connectivity index (χ2v) is 12.3. The van der Waals surface area contributed by atoms with Crippen LogP contribution >= 0.6 is 0 Å². The summed E-state index contributed by atoms with van der Waals surface area (Å²) in [5.74, 6) is -0.268. The van der Waals surface area contributed by atoms with Gasteiger partial charge < -0.3 is 9.53 Å². The second-order valence-electron chi connectivity index (χ2n) is 7.53. The quantitative estimate of drug-likeness (QED) is 0.796. The zero-order valence-electron chi connectivity index (χ0n) is 13.6. The van der Waals surface area contributed by atoms with Crippen LogP contribution in [0.1, 0.15) is 27.2 Å². The molecule has 0 heterocycles. The Kier molecular flexibility index (Phi) is 4.17. The van der Waals surface area contributed by atoms with Gasteiger partial charge in [0.25, 0.3) is 0 Å². The number of hydrogen-bond acceptors (Lipinski definition) is 3. The lowest BCUT2D eigenvalue weighted by molar-refractivity contribution is -0.138. The Bertz CT molecular complexity index is 511. The highest BCUT2D eigenvalue weighted by molar-refractivity contribution is 6.74. The molecule has 0 saturated carbocycles. The van der Waals surface area contributed by atoms with Crippen molar-refractivity contribution in [1.82, 2.24) is 0 Å². The molecule has 0 aromatic rings. The predicted molar refractivity (Wildman–Crippen MR) is 87.6 cm³/mol. The number of carbonyl (C=O) groups excluding carboxylic acids is 1. The minimum absolute atomic E-state index is 0.0156. The highest BCUT2D eigenvalue weighted by Gasteiger charge is 2.50. The molecule has 116 valence electrons. The van der Waals surface area contributed by atoms with Gasteiger partial charge in [-0.25, -0.2) is 0 Å². The van der Waals surface area contributed by atoms with Crippen molar-refractivity contribution in [2.45, 2.75) is 57.0 Å². The van der Waals surface area contributed by atoms with Crippen LogP contribution in [-0.4, -0.2) is 30.9 Å². The normalized spacial score (nSPS) is 33.0. The number of hydrogen-bond donors (Lipinski definition) is 1. The molecule has 0 unspecified atom stereocenters. The van der Waals surface area contributed by atoms with Crippen molar-refractivity contribution in [2.24, 2.45) is 5.92 Å². The van der Waals surface area contributed by atoms with E-state index < -0.39 is 20.0 Å². The summed E-state index contributed by atoms with van der Waals surface area (Å²) < 4.78 is 6.47. The van der Waals surface area contributed by atoms with Crippen LogP contribution in [0.4, 0.5) is 0 Å². The maximum Gasteiger partial charge on any atom is 0.193 e. The van der Waals surface area contributed by atoms with Crippen LogP contribution in [0, 0.1) is 5.92 Å². The summed E-state index contributed by atoms with van der Waals surface area (Å²) in [6.45, 7) is 10.8. The Balaban J connectivity index is 2.43. The maximum atomic E-state index is 12.4. The second kappa shape index (κ2) is 5.34. The van der Waals surface area contributed by atoms with Crippen molar-refractivity contribution in [3.63, 3.8) is 0 Å². The zero-order valence-corrected chi connectivity index (χ0v) is 14.6. The van der Waals surface area contributed by atoms with Crippen LogP contribution in [0.3, 0.4) is 0 Å². The molecule has 2 bridgehead atoms. The van der Waals surface area contributed by atoms with Gasteiger partial charge in [-0.15, -0.1) is 0 Å². The van der Waals surface area contributed by atoms with E-state index in [1.54, 1.807) is 12.2 Å². The molecule has 0 aromatic heterocycles. The van der Waals surface area contributed by atoms with Gasteiger partial charge in [0.15, 0.2) is 19.7 Å². The molecule has 0 amide bonds. The fourth-order valence-corrected chi connectivity index (χ4v) is 3.84. The lowest BCUT2D eigenvalue weighted by Gasteiger charge is -2.44. The topological polar surface area (TPSA) is 46.5 Å². The molecule has 3 atom stereocenters. The molecule has 0 fully saturated rings. The number of ketones is 1. The maximum absolute atomic E-state index is 12.4. The van der Waals surface area contributed by atoms with E-state index >= 15 is 0 Å². The van der Waals surface area contributed by atoms with Gasteiger partial charge in [0.1, 0.15) is 0 Å². The summed E-state index contributed by atoms with van der Waals surface area (Å²) in [6, 6.07) is 0. The summed E-state index contributed by atoms with van der Waals surface area (Å²) in [5, 5.41) is 11.0.